The molecule has 1 aromatic carbocycles. The summed E-state index contributed by atoms with van der Waals surface area (Å²) in [6, 6.07) is 3.24. The first kappa shape index (κ1) is 11.4. The summed E-state index contributed by atoms with van der Waals surface area (Å²) in [5.41, 5.74) is 5.09. The minimum atomic E-state index is -1.39. The van der Waals surface area contributed by atoms with Crippen LogP contribution in [0.15, 0.2) is 18.2 Å². The normalized spacial score (nSPS) is 12.2. The summed E-state index contributed by atoms with van der Waals surface area (Å²) >= 11 is 0. The zero-order valence-electron chi connectivity index (χ0n) is 7.61. The van der Waals surface area contributed by atoms with Crippen LogP contribution in [0.2, 0.25) is 0 Å². The largest absolute Gasteiger partial charge is 0.478 e. The molecule has 0 aliphatic heterocycles. The molecule has 6 heteroatoms. The lowest BCUT2D eigenvalue weighted by Crippen LogP contribution is -2.35. The maximum Gasteiger partial charge on any atom is 0.346 e. The maximum absolute atomic E-state index is 13.0. The molecule has 1 rings (SSSR count). The molecule has 0 heterocycles. The van der Waals surface area contributed by atoms with E-state index in [4.69, 9.17) is 15.6 Å². The van der Waals surface area contributed by atoms with Crippen molar-refractivity contribution in [3.05, 3.63) is 29.8 Å². The van der Waals surface area contributed by atoms with Crippen molar-refractivity contribution in [2.75, 3.05) is 6.54 Å². The molecule has 0 bridgehead atoms. The Morgan fingerprint density at radius 2 is 2.20 bits per heavy atom. The van der Waals surface area contributed by atoms with E-state index >= 15 is 0 Å². The highest BCUT2D eigenvalue weighted by atomic mass is 19.2. The van der Waals surface area contributed by atoms with Crippen molar-refractivity contribution in [3.63, 3.8) is 0 Å². The van der Waals surface area contributed by atoms with E-state index < -0.39 is 29.5 Å². The number of benzene rings is 1. The van der Waals surface area contributed by atoms with Crippen LogP contribution >= 0.6 is 0 Å². The molecule has 0 aromatic heterocycles. The fourth-order valence-electron chi connectivity index (χ4n) is 0.928. The number of hydrogen-bond donors (Lipinski definition) is 2. The third-order valence-electron chi connectivity index (χ3n) is 1.67. The third-order valence-corrected chi connectivity index (χ3v) is 1.67. The van der Waals surface area contributed by atoms with Gasteiger partial charge in [-0.25, -0.2) is 9.18 Å². The zero-order valence-corrected chi connectivity index (χ0v) is 7.61. The molecule has 1 atom stereocenters. The Labute approximate surface area is 84.3 Å². The van der Waals surface area contributed by atoms with Crippen LogP contribution in [0.4, 0.5) is 8.78 Å². The van der Waals surface area contributed by atoms with E-state index in [9.17, 15) is 13.6 Å². The number of rotatable bonds is 4. The zero-order chi connectivity index (χ0) is 11.4. The summed E-state index contributed by atoms with van der Waals surface area (Å²) in [5.74, 6) is -4.13. The first-order chi connectivity index (χ1) is 7.06. The minimum Gasteiger partial charge on any atom is -0.478 e. The van der Waals surface area contributed by atoms with Gasteiger partial charge in [0.25, 0.3) is 0 Å². The highest BCUT2D eigenvalue weighted by Crippen LogP contribution is 2.20. The summed E-state index contributed by atoms with van der Waals surface area (Å²) in [5, 5.41) is 8.57. The van der Waals surface area contributed by atoms with E-state index in [2.05, 4.69) is 0 Å². The molecule has 3 N–H and O–H groups in total. The smallest absolute Gasteiger partial charge is 0.346 e. The monoisotopic (exact) mass is 217 g/mol. The van der Waals surface area contributed by atoms with Gasteiger partial charge in [0.15, 0.2) is 11.6 Å². The van der Waals surface area contributed by atoms with Gasteiger partial charge in [0.05, 0.1) is 0 Å². The van der Waals surface area contributed by atoms with Gasteiger partial charge in [0, 0.05) is 6.54 Å². The lowest BCUT2D eigenvalue weighted by molar-refractivity contribution is -0.144. The lowest BCUT2D eigenvalue weighted by atomic mass is 10.3. The van der Waals surface area contributed by atoms with Crippen LogP contribution in [0, 0.1) is 11.6 Å². The number of hydrogen-bond acceptors (Lipinski definition) is 3. The van der Waals surface area contributed by atoms with E-state index in [1.165, 1.54) is 6.07 Å². The number of ether oxygens (including phenoxy) is 1. The Kier molecular flexibility index (Phi) is 3.56. The van der Waals surface area contributed by atoms with Crippen molar-refractivity contribution in [2.24, 2.45) is 5.73 Å². The van der Waals surface area contributed by atoms with E-state index in [-0.39, 0.29) is 6.54 Å². The second kappa shape index (κ2) is 4.70. The first-order valence-corrected chi connectivity index (χ1v) is 4.09. The summed E-state index contributed by atoms with van der Waals surface area (Å²) in [4.78, 5) is 10.5. The van der Waals surface area contributed by atoms with Gasteiger partial charge in [0.2, 0.25) is 11.9 Å². The van der Waals surface area contributed by atoms with Crippen molar-refractivity contribution in [2.45, 2.75) is 6.10 Å². The molecule has 15 heavy (non-hydrogen) atoms. The van der Waals surface area contributed by atoms with Crippen LogP contribution in [-0.4, -0.2) is 23.7 Å². The van der Waals surface area contributed by atoms with E-state index in [0.29, 0.717) is 0 Å². The molecule has 1 aromatic rings. The second-order valence-corrected chi connectivity index (χ2v) is 2.73. The first-order valence-electron chi connectivity index (χ1n) is 4.09. The topological polar surface area (TPSA) is 72.5 Å². The number of aliphatic carboxylic acids is 1. The molecule has 0 saturated carbocycles. The lowest BCUT2D eigenvalue weighted by Gasteiger charge is -2.13. The van der Waals surface area contributed by atoms with Gasteiger partial charge in [-0.1, -0.05) is 6.07 Å². The SMILES string of the molecule is NCC(Oc1cccc(F)c1F)C(=O)O. The molecular formula is C9H9F2NO3. The van der Waals surface area contributed by atoms with E-state index in [0.717, 1.165) is 12.1 Å². The van der Waals surface area contributed by atoms with Crippen LogP contribution < -0.4 is 10.5 Å². The van der Waals surface area contributed by atoms with Crippen molar-refractivity contribution in [3.8, 4) is 5.75 Å². The summed E-state index contributed by atoms with van der Waals surface area (Å²) < 4.78 is 30.4. The Morgan fingerprint density at radius 3 is 2.73 bits per heavy atom. The van der Waals surface area contributed by atoms with E-state index in [1.807, 2.05) is 0 Å². The van der Waals surface area contributed by atoms with Gasteiger partial charge in [-0.15, -0.1) is 0 Å². The number of halogens is 2. The molecule has 0 saturated heterocycles. The number of nitrogens with two attached hydrogens (primary N) is 1. The average Bonchev–Trinajstić information content (AvgIpc) is 2.19. The molecule has 0 radical (unpaired) electrons. The molecule has 82 valence electrons. The van der Waals surface area contributed by atoms with Gasteiger partial charge in [-0.05, 0) is 12.1 Å². The predicted molar refractivity (Wildman–Crippen MR) is 47.5 cm³/mol. The number of carboxylic acid groups (broad SMARTS) is 1. The highest BCUT2D eigenvalue weighted by molar-refractivity contribution is 5.73. The van der Waals surface area contributed by atoms with Crippen LogP contribution in [0.3, 0.4) is 0 Å². The van der Waals surface area contributed by atoms with Crippen molar-refractivity contribution in [1.29, 1.82) is 0 Å². The van der Waals surface area contributed by atoms with Gasteiger partial charge in [-0.2, -0.15) is 4.39 Å². The number of carbonyl (C=O) groups is 1. The second-order valence-electron chi connectivity index (χ2n) is 2.73. The van der Waals surface area contributed by atoms with Crippen LogP contribution in [0.1, 0.15) is 0 Å². The molecule has 0 amide bonds. The van der Waals surface area contributed by atoms with Crippen LogP contribution in [0.5, 0.6) is 5.75 Å². The fraction of sp³-hybridized carbons (Fsp3) is 0.222. The summed E-state index contributed by atoms with van der Waals surface area (Å²) in [7, 11) is 0. The molecule has 4 nitrogen and oxygen atoms in total. The molecule has 0 aliphatic carbocycles. The number of carboxylic acids is 1. The molecule has 1 unspecified atom stereocenters. The Hall–Kier alpha value is -1.69. The Balaban J connectivity index is 2.88. The molecule has 0 fully saturated rings. The van der Waals surface area contributed by atoms with Crippen molar-refractivity contribution in [1.82, 2.24) is 0 Å². The third kappa shape index (κ3) is 2.63. The summed E-state index contributed by atoms with van der Waals surface area (Å²) in [6.07, 6.45) is -1.39. The van der Waals surface area contributed by atoms with Crippen molar-refractivity contribution >= 4 is 5.97 Å². The molecule has 0 spiro atoms. The predicted octanol–water partition coefficient (Wildman–Crippen LogP) is 0.756. The van der Waals surface area contributed by atoms with Crippen molar-refractivity contribution < 1.29 is 23.4 Å². The van der Waals surface area contributed by atoms with Gasteiger partial charge < -0.3 is 15.6 Å². The van der Waals surface area contributed by atoms with Crippen LogP contribution in [0.25, 0.3) is 0 Å². The Bertz CT molecular complexity index is 370. The van der Waals surface area contributed by atoms with E-state index in [1.54, 1.807) is 0 Å². The van der Waals surface area contributed by atoms with Gasteiger partial charge in [-0.3, -0.25) is 0 Å². The van der Waals surface area contributed by atoms with Crippen LogP contribution in [-0.2, 0) is 4.79 Å². The minimum absolute atomic E-state index is 0.328. The van der Waals surface area contributed by atoms with Gasteiger partial charge >= 0.3 is 5.97 Å². The standard InChI is InChI=1S/C9H9F2NO3/c10-5-2-1-3-6(8(5)11)15-7(4-12)9(13)14/h1-3,7H,4,12H2,(H,13,14). The average molecular weight is 217 g/mol. The molecule has 0 aliphatic rings. The molecular weight excluding hydrogens is 208 g/mol. The summed E-state index contributed by atoms with van der Waals surface area (Å²) in [6.45, 7) is -0.328. The maximum atomic E-state index is 13.0. The Morgan fingerprint density at radius 1 is 1.53 bits per heavy atom. The fourth-order valence-corrected chi connectivity index (χ4v) is 0.928. The van der Waals surface area contributed by atoms with Gasteiger partial charge in [0.1, 0.15) is 0 Å². The highest BCUT2D eigenvalue weighted by Gasteiger charge is 2.20. The quantitative estimate of drug-likeness (QED) is 0.780.